The van der Waals surface area contributed by atoms with E-state index in [1.807, 2.05) is 0 Å². The van der Waals surface area contributed by atoms with E-state index in [4.69, 9.17) is 0 Å². The van der Waals surface area contributed by atoms with Crippen LogP contribution in [0.1, 0.15) is 0 Å². The Kier molecular flexibility index (Phi) is 2.04. The van der Waals surface area contributed by atoms with Crippen molar-refractivity contribution < 1.29 is 4.92 Å². The second kappa shape index (κ2) is 2.38. The van der Waals surface area contributed by atoms with E-state index in [0.29, 0.717) is 0 Å². The predicted octanol–water partition coefficient (Wildman–Crippen LogP) is 0.611. The highest BCUT2D eigenvalue weighted by Crippen LogP contribution is 1.73. The van der Waals surface area contributed by atoms with Gasteiger partial charge in [0.2, 0.25) is 0 Å². The molecule has 0 rings (SSSR count). The first-order chi connectivity index (χ1) is 2.77. The number of rotatable bonds is 2. The van der Waals surface area contributed by atoms with Crippen LogP contribution >= 0.6 is 0 Å². The molecule has 0 spiro atoms. The monoisotopic (exact) mass is 86.0 g/mol. The molecule has 0 aromatic heterocycles. The Morgan fingerprint density at radius 2 is 2.33 bits per heavy atom. The maximum absolute atomic E-state index is 9.28. The Bertz CT molecular complexity index is 69.2. The van der Waals surface area contributed by atoms with Crippen molar-refractivity contribution in [2.45, 2.75) is 0 Å². The molecule has 0 aliphatic heterocycles. The van der Waals surface area contributed by atoms with Gasteiger partial charge in [-0.2, -0.15) is 0 Å². The van der Waals surface area contributed by atoms with Crippen LogP contribution in [0.5, 0.6) is 0 Å². The zero-order valence-electron chi connectivity index (χ0n) is 3.13. The fraction of sp³-hybridized carbons (Fsp3) is 0. The molecule has 1 radical (unpaired) electrons. The molecule has 0 atom stereocenters. The zero-order chi connectivity index (χ0) is 4.99. The van der Waals surface area contributed by atoms with Crippen molar-refractivity contribution in [3.63, 3.8) is 0 Å². The molecule has 0 aliphatic carbocycles. The molecular formula is C3H4NO2. The van der Waals surface area contributed by atoms with Crippen LogP contribution in [-0.4, -0.2) is 4.92 Å². The molecule has 0 unspecified atom stereocenters. The summed E-state index contributed by atoms with van der Waals surface area (Å²) in [7, 11) is 0. The maximum Gasteiger partial charge on any atom is 0.300 e. The molecule has 0 aliphatic rings. The molecule has 0 fully saturated rings. The van der Waals surface area contributed by atoms with Gasteiger partial charge >= 0.3 is 6.54 Å². The van der Waals surface area contributed by atoms with Gasteiger partial charge in [-0.25, -0.2) is 0 Å². The van der Waals surface area contributed by atoms with Crippen LogP contribution in [0.15, 0.2) is 12.7 Å². The molecule has 0 bridgehead atoms. The van der Waals surface area contributed by atoms with Crippen LogP contribution in [0.25, 0.3) is 0 Å². The van der Waals surface area contributed by atoms with Crippen LogP contribution in [0.4, 0.5) is 0 Å². The smallest absolute Gasteiger partial charge is 0.264 e. The Morgan fingerprint density at radius 3 is 2.33 bits per heavy atom. The first-order valence-electron chi connectivity index (χ1n) is 1.36. The van der Waals surface area contributed by atoms with Crippen LogP contribution in [-0.2, 0) is 0 Å². The Balaban J connectivity index is 3.05. The topological polar surface area (TPSA) is 43.1 Å². The van der Waals surface area contributed by atoms with E-state index in [0.717, 1.165) is 12.6 Å². The van der Waals surface area contributed by atoms with Gasteiger partial charge in [-0.15, -0.1) is 0 Å². The standard InChI is InChI=1S/C3H4NO2/c1-2-3-4(5)6/h2-3H,1H2. The largest absolute Gasteiger partial charge is 0.300 e. The van der Waals surface area contributed by atoms with Gasteiger partial charge in [-0.1, -0.05) is 6.58 Å². The highest BCUT2D eigenvalue weighted by Gasteiger charge is 1.84. The average Bonchev–Trinajstić information content (AvgIpc) is 1.35. The normalized spacial score (nSPS) is 7.33. The van der Waals surface area contributed by atoms with E-state index in [1.165, 1.54) is 0 Å². The van der Waals surface area contributed by atoms with Crippen molar-refractivity contribution >= 4 is 0 Å². The third-order valence-corrected chi connectivity index (χ3v) is 0.227. The lowest BCUT2D eigenvalue weighted by molar-refractivity contribution is -0.428. The second-order valence-electron chi connectivity index (χ2n) is 0.670. The van der Waals surface area contributed by atoms with Gasteiger partial charge in [0, 0.05) is 4.92 Å². The quantitative estimate of drug-likeness (QED) is 0.365. The van der Waals surface area contributed by atoms with E-state index < -0.39 is 4.92 Å². The molecule has 0 saturated carbocycles. The molecule has 0 aromatic carbocycles. The Morgan fingerprint density at radius 1 is 1.83 bits per heavy atom. The number of hydrogen-bond acceptors (Lipinski definition) is 2. The molecule has 0 aromatic rings. The van der Waals surface area contributed by atoms with Gasteiger partial charge in [0.25, 0.3) is 0 Å². The summed E-state index contributed by atoms with van der Waals surface area (Å²) in [6, 6.07) is 0. The summed E-state index contributed by atoms with van der Waals surface area (Å²) in [6.07, 6.45) is 1.12. The Hall–Kier alpha value is -0.860. The minimum atomic E-state index is -0.562. The van der Waals surface area contributed by atoms with Crippen molar-refractivity contribution in [1.82, 2.24) is 0 Å². The minimum Gasteiger partial charge on any atom is -0.264 e. The lowest BCUT2D eigenvalue weighted by Gasteiger charge is -1.73. The van der Waals surface area contributed by atoms with Crippen molar-refractivity contribution in [2.24, 2.45) is 0 Å². The molecule has 0 heterocycles. The molecule has 0 N–H and O–H groups in total. The van der Waals surface area contributed by atoms with Gasteiger partial charge in [0.15, 0.2) is 0 Å². The fourth-order valence-electron chi connectivity index (χ4n) is 0.0861. The summed E-state index contributed by atoms with van der Waals surface area (Å²) < 4.78 is 0. The molecule has 0 saturated heterocycles. The average molecular weight is 86.1 g/mol. The summed E-state index contributed by atoms with van der Waals surface area (Å²) in [4.78, 5) is 8.72. The number of hydrogen-bond donors (Lipinski definition) is 0. The highest BCUT2D eigenvalue weighted by molar-refractivity contribution is 4.75. The molecule has 3 nitrogen and oxygen atoms in total. The first-order valence-corrected chi connectivity index (χ1v) is 1.36. The van der Waals surface area contributed by atoms with Crippen molar-refractivity contribution in [1.29, 1.82) is 0 Å². The van der Waals surface area contributed by atoms with Gasteiger partial charge in [-0.3, -0.25) is 10.1 Å². The van der Waals surface area contributed by atoms with Crippen LogP contribution in [0, 0.1) is 16.7 Å². The molecule has 0 amide bonds. The van der Waals surface area contributed by atoms with E-state index in [2.05, 4.69) is 6.58 Å². The minimum absolute atomic E-state index is 0.562. The summed E-state index contributed by atoms with van der Waals surface area (Å²) in [6.45, 7) is 3.88. The lowest BCUT2D eigenvalue weighted by atomic mass is 10.7. The predicted molar refractivity (Wildman–Crippen MR) is 21.5 cm³/mol. The van der Waals surface area contributed by atoms with E-state index in [9.17, 15) is 10.1 Å². The van der Waals surface area contributed by atoms with Crippen LogP contribution in [0.2, 0.25) is 0 Å². The maximum atomic E-state index is 9.28. The van der Waals surface area contributed by atoms with Gasteiger partial charge < -0.3 is 0 Å². The van der Waals surface area contributed by atoms with Crippen molar-refractivity contribution in [3.8, 4) is 0 Å². The lowest BCUT2D eigenvalue weighted by Crippen LogP contribution is -1.86. The van der Waals surface area contributed by atoms with Gasteiger partial charge in [0.1, 0.15) is 0 Å². The van der Waals surface area contributed by atoms with E-state index >= 15 is 0 Å². The van der Waals surface area contributed by atoms with E-state index in [1.54, 1.807) is 0 Å². The number of nitro groups is 1. The summed E-state index contributed by atoms with van der Waals surface area (Å²) in [5.74, 6) is 0. The van der Waals surface area contributed by atoms with Gasteiger partial charge in [-0.05, 0) is 6.08 Å². The number of nitrogens with zero attached hydrogens (tertiary/aromatic N) is 1. The van der Waals surface area contributed by atoms with Crippen molar-refractivity contribution in [3.05, 3.63) is 29.3 Å². The SMILES string of the molecule is C=C[CH][N+](=O)[O-]. The summed E-state index contributed by atoms with van der Waals surface area (Å²) in [5.41, 5.74) is 0. The molecular weight excluding hydrogens is 82.0 g/mol. The zero-order valence-corrected chi connectivity index (χ0v) is 3.13. The third-order valence-electron chi connectivity index (χ3n) is 0.227. The first kappa shape index (κ1) is 5.14. The van der Waals surface area contributed by atoms with Gasteiger partial charge in [0.05, 0.1) is 0 Å². The molecule has 33 valence electrons. The van der Waals surface area contributed by atoms with Crippen LogP contribution < -0.4 is 0 Å². The second-order valence-corrected chi connectivity index (χ2v) is 0.670. The van der Waals surface area contributed by atoms with Crippen molar-refractivity contribution in [2.75, 3.05) is 0 Å². The summed E-state index contributed by atoms with van der Waals surface area (Å²) in [5, 5.41) is 9.28. The fourth-order valence-corrected chi connectivity index (χ4v) is 0.0861. The van der Waals surface area contributed by atoms with Crippen LogP contribution in [0.3, 0.4) is 0 Å². The highest BCUT2D eigenvalue weighted by atomic mass is 16.6. The molecule has 3 heteroatoms. The molecule has 6 heavy (non-hydrogen) atoms. The Labute approximate surface area is 35.4 Å². The third kappa shape index (κ3) is 3.14. The van der Waals surface area contributed by atoms with E-state index in [-0.39, 0.29) is 0 Å². The summed E-state index contributed by atoms with van der Waals surface area (Å²) >= 11 is 0.